The molecule has 0 atom stereocenters. The molecule has 0 bridgehead atoms. The van der Waals surface area contributed by atoms with Crippen LogP contribution < -0.4 is 5.32 Å². The second-order valence-corrected chi connectivity index (χ2v) is 5.50. The maximum absolute atomic E-state index is 12.4. The van der Waals surface area contributed by atoms with Gasteiger partial charge in [0.25, 0.3) is 0 Å². The third kappa shape index (κ3) is 2.18. The molecule has 2 N–H and O–H groups in total. The highest BCUT2D eigenvalue weighted by Crippen LogP contribution is 2.27. The van der Waals surface area contributed by atoms with Gasteiger partial charge < -0.3 is 10.3 Å². The molecule has 0 aliphatic heterocycles. The fraction of sp³-hybridized carbons (Fsp3) is 0.176. The molecule has 0 fully saturated rings. The van der Waals surface area contributed by atoms with Crippen LogP contribution in [0.25, 0.3) is 11.0 Å². The molecule has 4 nitrogen and oxygen atoms in total. The van der Waals surface area contributed by atoms with E-state index in [-0.39, 0.29) is 11.8 Å². The number of carbonyl (C=O) groups excluding carboxylic acids is 1. The van der Waals surface area contributed by atoms with E-state index in [1.54, 1.807) is 6.33 Å². The van der Waals surface area contributed by atoms with E-state index in [4.69, 9.17) is 0 Å². The van der Waals surface area contributed by atoms with Crippen LogP contribution in [-0.4, -0.2) is 15.9 Å². The molecule has 1 aliphatic carbocycles. The Morgan fingerprint density at radius 2 is 1.90 bits per heavy atom. The highest BCUT2D eigenvalue weighted by Gasteiger charge is 2.27. The van der Waals surface area contributed by atoms with Crippen molar-refractivity contribution >= 4 is 22.6 Å². The zero-order chi connectivity index (χ0) is 14.2. The van der Waals surface area contributed by atoms with E-state index in [0.717, 1.165) is 29.6 Å². The number of aromatic nitrogens is 2. The molecule has 1 heterocycles. The lowest BCUT2D eigenvalue weighted by Gasteiger charge is -2.10. The summed E-state index contributed by atoms with van der Waals surface area (Å²) in [5, 5.41) is 3.01. The quantitative estimate of drug-likeness (QED) is 0.756. The van der Waals surface area contributed by atoms with Crippen LogP contribution in [0.2, 0.25) is 0 Å². The molecule has 1 aliphatic rings. The summed E-state index contributed by atoms with van der Waals surface area (Å²) < 4.78 is 0. The van der Waals surface area contributed by atoms with Crippen LogP contribution in [0.15, 0.2) is 48.8 Å². The molecule has 0 radical (unpaired) electrons. The van der Waals surface area contributed by atoms with Gasteiger partial charge >= 0.3 is 0 Å². The van der Waals surface area contributed by atoms with Crippen LogP contribution in [0, 0.1) is 5.92 Å². The first-order valence-corrected chi connectivity index (χ1v) is 7.10. The second kappa shape index (κ2) is 4.74. The number of nitrogens with zero attached hydrogens (tertiary/aromatic N) is 1. The number of nitrogens with one attached hydrogen (secondary N) is 2. The van der Waals surface area contributed by atoms with E-state index in [1.807, 2.05) is 30.3 Å². The van der Waals surface area contributed by atoms with Crippen molar-refractivity contribution in [1.29, 1.82) is 0 Å². The number of anilines is 1. The molecule has 104 valence electrons. The van der Waals surface area contributed by atoms with Crippen LogP contribution in [0.5, 0.6) is 0 Å². The molecule has 3 aromatic rings. The van der Waals surface area contributed by atoms with Gasteiger partial charge in [0.1, 0.15) is 0 Å². The minimum Gasteiger partial charge on any atom is -0.345 e. The van der Waals surface area contributed by atoms with Crippen LogP contribution in [-0.2, 0) is 17.6 Å². The fourth-order valence-corrected chi connectivity index (χ4v) is 3.00. The number of fused-ring (bicyclic) bond motifs is 2. The molecule has 4 rings (SSSR count). The Labute approximate surface area is 122 Å². The Morgan fingerprint density at radius 1 is 1.14 bits per heavy atom. The summed E-state index contributed by atoms with van der Waals surface area (Å²) in [6.07, 6.45) is 3.31. The lowest BCUT2D eigenvalue weighted by atomic mass is 10.1. The Kier molecular flexibility index (Phi) is 2.74. The van der Waals surface area contributed by atoms with Gasteiger partial charge in [0, 0.05) is 11.6 Å². The lowest BCUT2D eigenvalue weighted by molar-refractivity contribution is -0.119. The molecule has 1 amide bonds. The minimum atomic E-state index is 0.0277. The summed E-state index contributed by atoms with van der Waals surface area (Å²) >= 11 is 0. The number of rotatable bonds is 2. The molecule has 0 saturated heterocycles. The fourth-order valence-electron chi connectivity index (χ4n) is 3.00. The van der Waals surface area contributed by atoms with E-state index in [1.165, 1.54) is 11.1 Å². The molecule has 0 saturated carbocycles. The maximum Gasteiger partial charge on any atom is 0.228 e. The molecule has 1 aromatic heterocycles. The van der Waals surface area contributed by atoms with Crippen molar-refractivity contribution in [3.05, 3.63) is 59.9 Å². The first-order chi connectivity index (χ1) is 10.3. The summed E-state index contributed by atoms with van der Waals surface area (Å²) in [6.45, 7) is 0. The third-order valence-corrected chi connectivity index (χ3v) is 4.11. The van der Waals surface area contributed by atoms with Gasteiger partial charge in [0.15, 0.2) is 0 Å². The molecule has 0 spiro atoms. The Morgan fingerprint density at radius 3 is 2.67 bits per heavy atom. The average Bonchev–Trinajstić information content (AvgIpc) is 3.13. The monoisotopic (exact) mass is 277 g/mol. The standard InChI is InChI=1S/C17H15N3O/c21-17(13-7-11-3-1-2-4-12(11)8-13)20-14-5-6-15-16(9-14)19-10-18-15/h1-6,9-10,13H,7-8H2,(H,18,19)(H,20,21). The number of H-pyrrole nitrogens is 1. The third-order valence-electron chi connectivity index (χ3n) is 4.11. The highest BCUT2D eigenvalue weighted by atomic mass is 16.1. The van der Waals surface area contributed by atoms with Crippen molar-refractivity contribution in [2.24, 2.45) is 5.92 Å². The summed E-state index contributed by atoms with van der Waals surface area (Å²) in [5.74, 6) is 0.116. The zero-order valence-corrected chi connectivity index (χ0v) is 11.5. The minimum absolute atomic E-state index is 0.0277. The number of aromatic amines is 1. The van der Waals surface area contributed by atoms with Crippen LogP contribution in [0.3, 0.4) is 0 Å². The van der Waals surface area contributed by atoms with Gasteiger partial charge in [-0.15, -0.1) is 0 Å². The number of hydrogen-bond donors (Lipinski definition) is 2. The average molecular weight is 277 g/mol. The molecular formula is C17H15N3O. The van der Waals surface area contributed by atoms with Crippen molar-refractivity contribution in [2.45, 2.75) is 12.8 Å². The molecule has 0 unspecified atom stereocenters. The normalized spacial score (nSPS) is 14.3. The molecule has 2 aromatic carbocycles. The van der Waals surface area contributed by atoms with Crippen molar-refractivity contribution < 1.29 is 4.79 Å². The van der Waals surface area contributed by atoms with Gasteiger partial charge in [-0.1, -0.05) is 24.3 Å². The predicted octanol–water partition coefficient (Wildman–Crippen LogP) is 2.92. The van der Waals surface area contributed by atoms with Crippen molar-refractivity contribution in [2.75, 3.05) is 5.32 Å². The number of imidazole rings is 1. The first kappa shape index (κ1) is 12.1. The summed E-state index contributed by atoms with van der Waals surface area (Å²) in [5.41, 5.74) is 5.24. The van der Waals surface area contributed by atoms with Gasteiger partial charge in [0.05, 0.1) is 17.4 Å². The van der Waals surface area contributed by atoms with Crippen molar-refractivity contribution in [1.82, 2.24) is 9.97 Å². The Bertz CT molecular complexity index is 797. The van der Waals surface area contributed by atoms with Gasteiger partial charge in [-0.3, -0.25) is 4.79 Å². The largest absolute Gasteiger partial charge is 0.345 e. The van der Waals surface area contributed by atoms with Crippen LogP contribution >= 0.6 is 0 Å². The number of carbonyl (C=O) groups is 1. The summed E-state index contributed by atoms with van der Waals surface area (Å²) in [4.78, 5) is 19.7. The number of amides is 1. The second-order valence-electron chi connectivity index (χ2n) is 5.50. The van der Waals surface area contributed by atoms with Crippen LogP contribution in [0.1, 0.15) is 11.1 Å². The van der Waals surface area contributed by atoms with E-state index in [0.29, 0.717) is 0 Å². The van der Waals surface area contributed by atoms with Crippen molar-refractivity contribution in [3.8, 4) is 0 Å². The van der Waals surface area contributed by atoms with Gasteiger partial charge in [-0.25, -0.2) is 4.98 Å². The van der Waals surface area contributed by atoms with Gasteiger partial charge in [-0.05, 0) is 42.2 Å². The molecular weight excluding hydrogens is 262 g/mol. The SMILES string of the molecule is O=C(Nc1ccc2nc[nH]c2c1)C1Cc2ccccc2C1. The predicted molar refractivity (Wildman–Crippen MR) is 82.1 cm³/mol. The van der Waals surface area contributed by atoms with Crippen molar-refractivity contribution in [3.63, 3.8) is 0 Å². The smallest absolute Gasteiger partial charge is 0.228 e. The van der Waals surface area contributed by atoms with E-state index < -0.39 is 0 Å². The Balaban J connectivity index is 1.51. The molecule has 21 heavy (non-hydrogen) atoms. The lowest BCUT2D eigenvalue weighted by Crippen LogP contribution is -2.23. The summed E-state index contributed by atoms with van der Waals surface area (Å²) in [7, 11) is 0. The Hall–Kier alpha value is -2.62. The van der Waals surface area contributed by atoms with Gasteiger partial charge in [-0.2, -0.15) is 0 Å². The van der Waals surface area contributed by atoms with E-state index >= 15 is 0 Å². The first-order valence-electron chi connectivity index (χ1n) is 7.10. The van der Waals surface area contributed by atoms with E-state index in [9.17, 15) is 4.79 Å². The zero-order valence-electron chi connectivity index (χ0n) is 11.5. The van der Waals surface area contributed by atoms with Gasteiger partial charge in [0.2, 0.25) is 5.91 Å². The maximum atomic E-state index is 12.4. The van der Waals surface area contributed by atoms with Crippen LogP contribution in [0.4, 0.5) is 5.69 Å². The number of benzene rings is 2. The topological polar surface area (TPSA) is 57.8 Å². The summed E-state index contributed by atoms with van der Waals surface area (Å²) in [6, 6.07) is 14.0. The highest BCUT2D eigenvalue weighted by molar-refractivity contribution is 5.95. The molecule has 4 heteroatoms. The van der Waals surface area contributed by atoms with E-state index in [2.05, 4.69) is 27.4 Å². The number of hydrogen-bond acceptors (Lipinski definition) is 2.